The van der Waals surface area contributed by atoms with Crippen molar-refractivity contribution in [2.24, 2.45) is 11.8 Å². The van der Waals surface area contributed by atoms with Crippen LogP contribution in [0.15, 0.2) is 60.7 Å². The third-order valence-electron chi connectivity index (χ3n) is 4.21. The third-order valence-corrected chi connectivity index (χ3v) is 6.09. The van der Waals surface area contributed by atoms with E-state index in [4.69, 9.17) is 0 Å². The van der Waals surface area contributed by atoms with Gasteiger partial charge in [-0.15, -0.1) is 0 Å². The summed E-state index contributed by atoms with van der Waals surface area (Å²) in [6.07, 6.45) is 0.717. The number of amides is 1. The molecule has 2 rings (SSSR count). The maximum atomic E-state index is 12.7. The summed E-state index contributed by atoms with van der Waals surface area (Å²) in [5.41, 5.74) is 1.84. The molecule has 0 aliphatic rings. The Hall–Kier alpha value is -1.90. The molecule has 0 fully saturated rings. The van der Waals surface area contributed by atoms with Crippen molar-refractivity contribution in [2.75, 3.05) is 6.16 Å². The van der Waals surface area contributed by atoms with E-state index in [-0.39, 0.29) is 24.1 Å². The van der Waals surface area contributed by atoms with Gasteiger partial charge in [0.25, 0.3) is 0 Å². The summed E-state index contributed by atoms with van der Waals surface area (Å²) in [6.45, 7) is 4.48. The van der Waals surface area contributed by atoms with Crippen LogP contribution in [-0.4, -0.2) is 17.0 Å². The van der Waals surface area contributed by atoms with Gasteiger partial charge in [0.05, 0.1) is 0 Å². The second-order valence-electron chi connectivity index (χ2n) is 7.20. The van der Waals surface area contributed by atoms with Crippen molar-refractivity contribution in [1.82, 2.24) is 5.32 Å². The maximum absolute atomic E-state index is 12.7. The van der Waals surface area contributed by atoms with E-state index >= 15 is 0 Å². The SMILES string of the molecule is CC(C)CC(CP(=O)(O)Cc1ccccc1)C(=O)NCc1ccccc1. The molecule has 2 atom stereocenters. The van der Waals surface area contributed by atoms with E-state index < -0.39 is 13.3 Å². The highest BCUT2D eigenvalue weighted by Gasteiger charge is 2.29. The lowest BCUT2D eigenvalue weighted by Gasteiger charge is -2.22. The van der Waals surface area contributed by atoms with Gasteiger partial charge in [-0.05, 0) is 23.5 Å². The lowest BCUT2D eigenvalue weighted by Crippen LogP contribution is -2.33. The van der Waals surface area contributed by atoms with Crippen molar-refractivity contribution in [3.05, 3.63) is 71.8 Å². The van der Waals surface area contributed by atoms with E-state index in [1.165, 1.54) is 0 Å². The number of carbonyl (C=O) groups excluding carboxylic acids is 1. The van der Waals surface area contributed by atoms with Gasteiger partial charge in [-0.25, -0.2) is 0 Å². The first-order chi connectivity index (χ1) is 12.4. The van der Waals surface area contributed by atoms with Crippen LogP contribution in [0.3, 0.4) is 0 Å². The molecule has 0 heterocycles. The van der Waals surface area contributed by atoms with Crippen LogP contribution in [0.1, 0.15) is 31.4 Å². The molecular formula is C21H28NO3P. The highest BCUT2D eigenvalue weighted by molar-refractivity contribution is 7.57. The molecular weight excluding hydrogens is 345 g/mol. The Labute approximate surface area is 156 Å². The molecule has 0 radical (unpaired) electrons. The molecule has 26 heavy (non-hydrogen) atoms. The molecule has 0 saturated heterocycles. The second kappa shape index (κ2) is 9.70. The Morgan fingerprint density at radius 1 is 1.00 bits per heavy atom. The number of carbonyl (C=O) groups is 1. The number of benzene rings is 2. The molecule has 0 saturated carbocycles. The minimum atomic E-state index is -3.44. The van der Waals surface area contributed by atoms with E-state index in [9.17, 15) is 14.3 Å². The fourth-order valence-electron chi connectivity index (χ4n) is 3.04. The van der Waals surface area contributed by atoms with Gasteiger partial charge < -0.3 is 10.2 Å². The van der Waals surface area contributed by atoms with E-state index in [0.717, 1.165) is 11.1 Å². The summed E-state index contributed by atoms with van der Waals surface area (Å²) in [6, 6.07) is 19.0. The number of nitrogens with one attached hydrogen (secondary N) is 1. The molecule has 0 aliphatic heterocycles. The summed E-state index contributed by atoms with van der Waals surface area (Å²) in [5, 5.41) is 2.92. The van der Waals surface area contributed by atoms with Gasteiger partial charge in [0, 0.05) is 24.8 Å². The van der Waals surface area contributed by atoms with Gasteiger partial charge in [0.15, 0.2) is 0 Å². The fourth-order valence-corrected chi connectivity index (χ4v) is 4.95. The van der Waals surface area contributed by atoms with Crippen LogP contribution >= 0.6 is 7.37 Å². The van der Waals surface area contributed by atoms with Crippen LogP contribution in [0, 0.1) is 11.8 Å². The van der Waals surface area contributed by atoms with Crippen LogP contribution in [0.25, 0.3) is 0 Å². The molecule has 5 heteroatoms. The summed E-state index contributed by atoms with van der Waals surface area (Å²) in [5.74, 6) is -0.331. The van der Waals surface area contributed by atoms with Gasteiger partial charge in [0.1, 0.15) is 0 Å². The van der Waals surface area contributed by atoms with E-state index in [1.807, 2.05) is 74.5 Å². The van der Waals surface area contributed by atoms with Gasteiger partial charge in [0.2, 0.25) is 13.3 Å². The molecule has 0 bridgehead atoms. The molecule has 4 nitrogen and oxygen atoms in total. The summed E-state index contributed by atoms with van der Waals surface area (Å²) in [7, 11) is -3.44. The van der Waals surface area contributed by atoms with Crippen molar-refractivity contribution >= 4 is 13.3 Å². The highest BCUT2D eigenvalue weighted by atomic mass is 31.2. The largest absolute Gasteiger partial charge is 0.352 e. The summed E-state index contributed by atoms with van der Waals surface area (Å²) in [4.78, 5) is 23.1. The van der Waals surface area contributed by atoms with Crippen molar-refractivity contribution in [1.29, 1.82) is 0 Å². The highest BCUT2D eigenvalue weighted by Crippen LogP contribution is 2.47. The monoisotopic (exact) mass is 373 g/mol. The van der Waals surface area contributed by atoms with Crippen LogP contribution in [-0.2, 0) is 22.1 Å². The van der Waals surface area contributed by atoms with Gasteiger partial charge in [-0.2, -0.15) is 0 Å². The predicted octanol–water partition coefficient (Wildman–Crippen LogP) is 4.44. The molecule has 2 aromatic carbocycles. The Kier molecular flexibility index (Phi) is 7.62. The summed E-state index contributed by atoms with van der Waals surface area (Å²) < 4.78 is 12.7. The van der Waals surface area contributed by atoms with E-state index in [2.05, 4.69) is 5.32 Å². The van der Waals surface area contributed by atoms with Crippen LogP contribution in [0.4, 0.5) is 0 Å². The predicted molar refractivity (Wildman–Crippen MR) is 106 cm³/mol. The first-order valence-corrected chi connectivity index (χ1v) is 11.0. The van der Waals surface area contributed by atoms with Gasteiger partial charge in [-0.1, -0.05) is 74.5 Å². The molecule has 2 aromatic rings. The molecule has 0 aliphatic carbocycles. The van der Waals surface area contributed by atoms with Crippen molar-refractivity contribution < 1.29 is 14.3 Å². The van der Waals surface area contributed by atoms with Crippen molar-refractivity contribution in [3.8, 4) is 0 Å². The zero-order chi connectivity index (χ0) is 19.0. The minimum Gasteiger partial charge on any atom is -0.352 e. The number of hydrogen-bond donors (Lipinski definition) is 2. The van der Waals surface area contributed by atoms with Crippen LogP contribution in [0.2, 0.25) is 0 Å². The summed E-state index contributed by atoms with van der Waals surface area (Å²) >= 11 is 0. The van der Waals surface area contributed by atoms with E-state index in [1.54, 1.807) is 0 Å². The standard InChI is InChI=1S/C21H28NO3P/c1-17(2)13-20(21(23)22-14-18-9-5-3-6-10-18)16-26(24,25)15-19-11-7-4-8-12-19/h3-12,17,20H,13-16H2,1-2H3,(H,22,23)(H,24,25). The van der Waals surface area contributed by atoms with Gasteiger partial charge in [-0.3, -0.25) is 9.36 Å². The lowest BCUT2D eigenvalue weighted by molar-refractivity contribution is -0.125. The van der Waals surface area contributed by atoms with Crippen molar-refractivity contribution in [2.45, 2.75) is 33.0 Å². The molecule has 0 aromatic heterocycles. The number of hydrogen-bond acceptors (Lipinski definition) is 2. The van der Waals surface area contributed by atoms with Crippen LogP contribution < -0.4 is 5.32 Å². The zero-order valence-corrected chi connectivity index (χ0v) is 16.4. The third kappa shape index (κ3) is 7.15. The quantitative estimate of drug-likeness (QED) is 0.639. The van der Waals surface area contributed by atoms with Crippen LogP contribution in [0.5, 0.6) is 0 Å². The Bertz CT molecular complexity index is 731. The zero-order valence-electron chi connectivity index (χ0n) is 15.5. The van der Waals surface area contributed by atoms with E-state index in [0.29, 0.717) is 13.0 Å². The average Bonchev–Trinajstić information content (AvgIpc) is 2.60. The topological polar surface area (TPSA) is 66.4 Å². The molecule has 1 amide bonds. The number of rotatable bonds is 9. The first-order valence-electron chi connectivity index (χ1n) is 9.02. The maximum Gasteiger partial charge on any atom is 0.223 e. The van der Waals surface area contributed by atoms with Crippen molar-refractivity contribution in [3.63, 3.8) is 0 Å². The normalized spacial score (nSPS) is 14.6. The first kappa shape index (κ1) is 20.4. The lowest BCUT2D eigenvalue weighted by atomic mass is 9.98. The second-order valence-corrected chi connectivity index (χ2v) is 9.58. The average molecular weight is 373 g/mol. The Morgan fingerprint density at radius 2 is 1.54 bits per heavy atom. The Morgan fingerprint density at radius 3 is 2.08 bits per heavy atom. The minimum absolute atomic E-state index is 0.0146. The molecule has 140 valence electrons. The smallest absolute Gasteiger partial charge is 0.223 e. The van der Waals surface area contributed by atoms with Gasteiger partial charge >= 0.3 is 0 Å². The molecule has 0 spiro atoms. The fraction of sp³-hybridized carbons (Fsp3) is 0.381. The molecule has 2 N–H and O–H groups in total. The molecule has 2 unspecified atom stereocenters. The Balaban J connectivity index is 2.00.